The van der Waals surface area contributed by atoms with E-state index in [1.54, 1.807) is 17.2 Å². The zero-order valence-electron chi connectivity index (χ0n) is 15.4. The number of anilines is 1. The Kier molecular flexibility index (Phi) is 5.09. The molecular formula is C18H20N8O2. The molecule has 1 N–H and O–H groups in total. The topological polar surface area (TPSA) is 111 Å². The van der Waals surface area contributed by atoms with Crippen molar-refractivity contribution in [1.82, 2.24) is 35.0 Å². The molecule has 144 valence electrons. The van der Waals surface area contributed by atoms with Crippen LogP contribution in [0.1, 0.15) is 12.5 Å². The summed E-state index contributed by atoms with van der Waals surface area (Å²) < 4.78 is 7.06. The van der Waals surface area contributed by atoms with E-state index in [1.165, 1.54) is 12.7 Å². The van der Waals surface area contributed by atoms with Crippen LogP contribution in [-0.4, -0.2) is 55.3 Å². The van der Waals surface area contributed by atoms with E-state index in [0.717, 1.165) is 11.4 Å². The summed E-state index contributed by atoms with van der Waals surface area (Å²) in [5.74, 6) is 1.87. The summed E-state index contributed by atoms with van der Waals surface area (Å²) in [6.07, 6.45) is 6.19. The smallest absolute Gasteiger partial charge is 0.226 e. The van der Waals surface area contributed by atoms with Crippen LogP contribution in [-0.2, 0) is 11.3 Å². The third kappa shape index (κ3) is 3.75. The van der Waals surface area contributed by atoms with E-state index in [9.17, 15) is 4.79 Å². The van der Waals surface area contributed by atoms with Crippen LogP contribution in [0, 0.1) is 5.92 Å². The van der Waals surface area contributed by atoms with Gasteiger partial charge in [-0.1, -0.05) is 6.07 Å². The fourth-order valence-electron chi connectivity index (χ4n) is 2.95. The van der Waals surface area contributed by atoms with E-state index in [2.05, 4.69) is 30.4 Å². The number of nitrogens with zero attached hydrogens (tertiary/aromatic N) is 7. The van der Waals surface area contributed by atoms with E-state index in [4.69, 9.17) is 4.74 Å². The fourth-order valence-corrected chi connectivity index (χ4v) is 2.95. The van der Waals surface area contributed by atoms with Gasteiger partial charge < -0.3 is 15.0 Å². The van der Waals surface area contributed by atoms with Crippen molar-refractivity contribution in [2.24, 2.45) is 5.92 Å². The van der Waals surface area contributed by atoms with Gasteiger partial charge in [-0.25, -0.2) is 24.6 Å². The number of rotatable bonds is 7. The lowest BCUT2D eigenvalue weighted by atomic mass is 9.99. The maximum absolute atomic E-state index is 12.4. The summed E-state index contributed by atoms with van der Waals surface area (Å²) in [7, 11) is 0. The number of carbonyl (C=O) groups is 1. The highest BCUT2D eigenvalue weighted by molar-refractivity contribution is 5.81. The first-order valence-corrected chi connectivity index (χ1v) is 9.01. The molecule has 0 spiro atoms. The summed E-state index contributed by atoms with van der Waals surface area (Å²) >= 11 is 0. The molecule has 10 nitrogen and oxygen atoms in total. The number of hydrogen-bond acceptors (Lipinski definition) is 8. The van der Waals surface area contributed by atoms with Crippen LogP contribution in [0.15, 0.2) is 43.4 Å². The standard InChI is InChI=1S/C18H20N8O2/c1-2-28-18-13(4-3-5-20-18)7-21-17(27)14-8-25(9-14)15-6-16(23-11-22-15)26-12-19-10-24-26/h3-6,10-12,14H,2,7-9H2,1H3,(H,21,27). The molecule has 4 rings (SSSR count). The van der Waals surface area contributed by atoms with Crippen LogP contribution in [0.3, 0.4) is 0 Å². The molecule has 0 atom stereocenters. The number of amides is 1. The molecular weight excluding hydrogens is 360 g/mol. The molecule has 28 heavy (non-hydrogen) atoms. The monoisotopic (exact) mass is 380 g/mol. The van der Waals surface area contributed by atoms with Crippen molar-refractivity contribution in [2.45, 2.75) is 13.5 Å². The summed E-state index contributed by atoms with van der Waals surface area (Å²) in [5, 5.41) is 7.03. The third-order valence-electron chi connectivity index (χ3n) is 4.45. The van der Waals surface area contributed by atoms with E-state index in [0.29, 0.717) is 37.9 Å². The second-order valence-corrected chi connectivity index (χ2v) is 6.29. The lowest BCUT2D eigenvalue weighted by molar-refractivity contribution is -0.125. The van der Waals surface area contributed by atoms with Gasteiger partial charge in [-0.15, -0.1) is 0 Å². The molecule has 1 amide bonds. The van der Waals surface area contributed by atoms with Gasteiger partial charge in [-0.2, -0.15) is 5.10 Å². The Balaban J connectivity index is 1.32. The van der Waals surface area contributed by atoms with E-state index >= 15 is 0 Å². The molecule has 1 aliphatic rings. The maximum Gasteiger partial charge on any atom is 0.226 e. The van der Waals surface area contributed by atoms with Gasteiger partial charge >= 0.3 is 0 Å². The van der Waals surface area contributed by atoms with E-state index < -0.39 is 0 Å². The molecule has 4 heterocycles. The first-order chi connectivity index (χ1) is 13.7. The van der Waals surface area contributed by atoms with Crippen molar-refractivity contribution in [3.05, 3.63) is 48.9 Å². The van der Waals surface area contributed by atoms with Crippen LogP contribution < -0.4 is 15.0 Å². The molecule has 1 aliphatic heterocycles. The number of carbonyl (C=O) groups excluding carboxylic acids is 1. The average Bonchev–Trinajstić information content (AvgIpc) is 3.22. The minimum atomic E-state index is -0.0861. The lowest BCUT2D eigenvalue weighted by Gasteiger charge is -2.39. The third-order valence-corrected chi connectivity index (χ3v) is 4.45. The zero-order valence-corrected chi connectivity index (χ0v) is 15.4. The molecule has 0 aliphatic carbocycles. The maximum atomic E-state index is 12.4. The lowest BCUT2D eigenvalue weighted by Crippen LogP contribution is -2.54. The van der Waals surface area contributed by atoms with Crippen LogP contribution in [0.4, 0.5) is 5.82 Å². The molecule has 3 aromatic heterocycles. The first-order valence-electron chi connectivity index (χ1n) is 9.01. The van der Waals surface area contributed by atoms with Gasteiger partial charge in [0.05, 0.1) is 12.5 Å². The van der Waals surface area contributed by atoms with E-state index in [1.807, 2.05) is 30.0 Å². The van der Waals surface area contributed by atoms with Crippen molar-refractivity contribution in [3.63, 3.8) is 0 Å². The zero-order chi connectivity index (χ0) is 19.3. The van der Waals surface area contributed by atoms with Gasteiger partial charge in [-0.05, 0) is 13.0 Å². The Hall–Kier alpha value is -3.56. The quantitative estimate of drug-likeness (QED) is 0.634. The molecule has 0 unspecified atom stereocenters. The largest absolute Gasteiger partial charge is 0.478 e. The first kappa shape index (κ1) is 17.8. The molecule has 0 saturated carbocycles. The fraction of sp³-hybridized carbons (Fsp3) is 0.333. The molecule has 0 bridgehead atoms. The minimum Gasteiger partial charge on any atom is -0.478 e. The summed E-state index contributed by atoms with van der Waals surface area (Å²) in [5.41, 5.74) is 0.863. The molecule has 0 radical (unpaired) electrons. The number of nitrogens with one attached hydrogen (secondary N) is 1. The molecule has 3 aromatic rings. The Morgan fingerprint density at radius 3 is 2.89 bits per heavy atom. The second kappa shape index (κ2) is 7.99. The number of ether oxygens (including phenoxy) is 1. The van der Waals surface area contributed by atoms with Gasteiger partial charge in [0.2, 0.25) is 11.8 Å². The highest BCUT2D eigenvalue weighted by Gasteiger charge is 2.33. The van der Waals surface area contributed by atoms with E-state index in [-0.39, 0.29) is 11.8 Å². The number of pyridine rings is 1. The van der Waals surface area contributed by atoms with Crippen LogP contribution in [0.5, 0.6) is 5.88 Å². The van der Waals surface area contributed by atoms with Gasteiger partial charge in [0.25, 0.3) is 0 Å². The minimum absolute atomic E-state index is 0.00751. The summed E-state index contributed by atoms with van der Waals surface area (Å²) in [6.45, 7) is 4.03. The Morgan fingerprint density at radius 1 is 1.25 bits per heavy atom. The predicted octanol–water partition coefficient (Wildman–Crippen LogP) is 0.604. The second-order valence-electron chi connectivity index (χ2n) is 6.29. The summed E-state index contributed by atoms with van der Waals surface area (Å²) in [4.78, 5) is 31.1. The Bertz CT molecular complexity index is 940. The summed E-state index contributed by atoms with van der Waals surface area (Å²) in [6, 6.07) is 5.56. The van der Waals surface area contributed by atoms with Crippen molar-refractivity contribution in [3.8, 4) is 11.7 Å². The van der Waals surface area contributed by atoms with Crippen molar-refractivity contribution in [2.75, 3.05) is 24.6 Å². The van der Waals surface area contributed by atoms with Gasteiger partial charge in [0.1, 0.15) is 24.8 Å². The van der Waals surface area contributed by atoms with Crippen LogP contribution in [0.2, 0.25) is 0 Å². The van der Waals surface area contributed by atoms with Crippen molar-refractivity contribution >= 4 is 11.7 Å². The normalized spacial score (nSPS) is 13.8. The number of aromatic nitrogens is 6. The number of hydrogen-bond donors (Lipinski definition) is 1. The highest BCUT2D eigenvalue weighted by Crippen LogP contribution is 2.24. The van der Waals surface area contributed by atoms with Crippen molar-refractivity contribution in [1.29, 1.82) is 0 Å². The van der Waals surface area contributed by atoms with Gasteiger partial charge in [-0.3, -0.25) is 4.79 Å². The van der Waals surface area contributed by atoms with Crippen molar-refractivity contribution < 1.29 is 9.53 Å². The Labute approximate surface area is 161 Å². The van der Waals surface area contributed by atoms with Crippen LogP contribution >= 0.6 is 0 Å². The predicted molar refractivity (Wildman–Crippen MR) is 99.9 cm³/mol. The highest BCUT2D eigenvalue weighted by atomic mass is 16.5. The molecule has 10 heteroatoms. The SMILES string of the molecule is CCOc1ncccc1CNC(=O)C1CN(c2cc(-n3cncn3)ncn2)C1. The van der Waals surface area contributed by atoms with Gasteiger partial charge in [0, 0.05) is 37.5 Å². The van der Waals surface area contributed by atoms with Crippen LogP contribution in [0.25, 0.3) is 5.82 Å². The molecule has 1 saturated heterocycles. The molecule has 0 aromatic carbocycles. The Morgan fingerprint density at radius 2 is 2.11 bits per heavy atom. The van der Waals surface area contributed by atoms with Gasteiger partial charge in [0.15, 0.2) is 5.82 Å². The molecule has 1 fully saturated rings. The average molecular weight is 380 g/mol.